The molecule has 0 saturated carbocycles. The quantitative estimate of drug-likeness (QED) is 0.195. The van der Waals surface area contributed by atoms with Crippen LogP contribution in [-0.4, -0.2) is 49.3 Å². The van der Waals surface area contributed by atoms with Gasteiger partial charge in [-0.15, -0.1) is 0 Å². The molecule has 1 N–H and O–H groups in total. The third-order valence-electron chi connectivity index (χ3n) is 7.45. The molecule has 43 heavy (non-hydrogen) atoms. The number of ether oxygens (including phenoxy) is 2. The van der Waals surface area contributed by atoms with E-state index in [4.69, 9.17) is 30.5 Å². The minimum Gasteiger partial charge on any atom is -0.477 e. The zero-order valence-corrected chi connectivity index (χ0v) is 23.8. The van der Waals surface area contributed by atoms with E-state index >= 15 is 0 Å². The smallest absolute Gasteiger partial charge is 0.354 e. The summed E-state index contributed by atoms with van der Waals surface area (Å²) in [5.41, 5.74) is 2.71. The van der Waals surface area contributed by atoms with Gasteiger partial charge in [-0.1, -0.05) is 23.7 Å². The van der Waals surface area contributed by atoms with Crippen LogP contribution >= 0.6 is 11.6 Å². The van der Waals surface area contributed by atoms with E-state index in [1.807, 2.05) is 10.6 Å². The Hall–Kier alpha value is -4.42. The number of carbonyl (C=O) groups is 1. The first-order chi connectivity index (χ1) is 20.8. The molecule has 1 aromatic carbocycles. The highest BCUT2D eigenvalue weighted by Crippen LogP contribution is 2.33. The molecule has 13 heteroatoms. The highest BCUT2D eigenvalue weighted by molar-refractivity contribution is 6.35. The molecule has 1 atom stereocenters. The van der Waals surface area contributed by atoms with Crippen molar-refractivity contribution in [2.24, 2.45) is 5.92 Å². The van der Waals surface area contributed by atoms with Gasteiger partial charge in [0.1, 0.15) is 23.5 Å². The van der Waals surface area contributed by atoms with Crippen molar-refractivity contribution in [3.63, 3.8) is 0 Å². The molecule has 10 nitrogen and oxygen atoms in total. The molecule has 1 aliphatic rings. The number of halogens is 3. The lowest BCUT2D eigenvalue weighted by molar-refractivity contribution is 0.0690. The Kier molecular flexibility index (Phi) is 8.04. The fraction of sp³-hybridized carbons (Fsp3) is 0.300. The van der Waals surface area contributed by atoms with Gasteiger partial charge in [0.25, 0.3) is 11.9 Å². The lowest BCUT2D eigenvalue weighted by Crippen LogP contribution is -2.15. The molecule has 4 heterocycles. The average Bonchev–Trinajstić information content (AvgIpc) is 3.56. The number of nitrogens with zero attached hydrogens (tertiary/aromatic N) is 5. The summed E-state index contributed by atoms with van der Waals surface area (Å²) in [4.78, 5) is 29.0. The van der Waals surface area contributed by atoms with Crippen molar-refractivity contribution in [1.29, 1.82) is 0 Å². The molecule has 0 radical (unpaired) electrons. The fourth-order valence-electron chi connectivity index (χ4n) is 5.26. The molecule has 0 aliphatic heterocycles. The van der Waals surface area contributed by atoms with Crippen molar-refractivity contribution in [2.75, 3.05) is 13.7 Å². The monoisotopic (exact) mass is 609 g/mol. The predicted molar refractivity (Wildman–Crippen MR) is 153 cm³/mol. The highest BCUT2D eigenvalue weighted by Gasteiger charge is 2.23. The van der Waals surface area contributed by atoms with E-state index in [1.54, 1.807) is 25.3 Å². The molecule has 0 amide bonds. The number of imidazole rings is 1. The van der Waals surface area contributed by atoms with Crippen molar-refractivity contribution in [1.82, 2.24) is 24.5 Å². The van der Waals surface area contributed by atoms with Gasteiger partial charge in [0.2, 0.25) is 5.82 Å². The van der Waals surface area contributed by atoms with Crippen LogP contribution in [0.4, 0.5) is 8.78 Å². The maximum absolute atomic E-state index is 14.6. The number of pyridine rings is 1. The number of carboxylic acid groups (broad SMARTS) is 1. The van der Waals surface area contributed by atoms with Gasteiger partial charge in [-0.3, -0.25) is 0 Å². The normalized spacial score (nSPS) is 15.3. The van der Waals surface area contributed by atoms with Crippen LogP contribution in [0, 0.1) is 17.7 Å². The minimum absolute atomic E-state index is 0.0400. The second-order valence-electron chi connectivity index (χ2n) is 10.2. The number of rotatable bonds is 10. The van der Waals surface area contributed by atoms with Crippen LogP contribution in [0.3, 0.4) is 0 Å². The maximum Gasteiger partial charge on any atom is 0.354 e. The van der Waals surface area contributed by atoms with E-state index in [1.165, 1.54) is 12.1 Å². The largest absolute Gasteiger partial charge is 0.477 e. The molecule has 6 rings (SSSR count). The number of carboxylic acids is 1. The average molecular weight is 610 g/mol. The zero-order chi connectivity index (χ0) is 30.1. The van der Waals surface area contributed by atoms with Crippen LogP contribution in [0.5, 0.6) is 5.88 Å². The number of methoxy groups -OCH3 is 1. The second kappa shape index (κ2) is 12.1. The summed E-state index contributed by atoms with van der Waals surface area (Å²) in [6.07, 6.45) is 5.98. The van der Waals surface area contributed by atoms with Crippen molar-refractivity contribution in [3.05, 3.63) is 82.4 Å². The van der Waals surface area contributed by atoms with E-state index in [9.17, 15) is 18.7 Å². The molecule has 5 aromatic rings. The highest BCUT2D eigenvalue weighted by atomic mass is 35.5. The summed E-state index contributed by atoms with van der Waals surface area (Å²) in [5.74, 6) is -0.590. The third kappa shape index (κ3) is 5.93. The first kappa shape index (κ1) is 28.7. The number of benzene rings is 1. The number of allylic oxidation sites excluding steroid dienone is 2. The summed E-state index contributed by atoms with van der Waals surface area (Å²) < 4.78 is 46.2. The Morgan fingerprint density at radius 1 is 1.21 bits per heavy atom. The van der Waals surface area contributed by atoms with Gasteiger partial charge in [-0.05, 0) is 49.0 Å². The maximum atomic E-state index is 14.6. The van der Waals surface area contributed by atoms with E-state index in [-0.39, 0.29) is 29.7 Å². The summed E-state index contributed by atoms with van der Waals surface area (Å²) in [7, 11) is 1.60. The van der Waals surface area contributed by atoms with Gasteiger partial charge in [-0.2, -0.15) is 13.8 Å². The van der Waals surface area contributed by atoms with Crippen molar-refractivity contribution in [3.8, 4) is 5.88 Å². The van der Waals surface area contributed by atoms with Crippen LogP contribution in [0.2, 0.25) is 5.02 Å². The number of hydrogen-bond donors (Lipinski definition) is 1. The number of aromatic nitrogens is 5. The molecular weight excluding hydrogens is 584 g/mol. The number of hydrogen-bond acceptors (Lipinski definition) is 8. The van der Waals surface area contributed by atoms with Gasteiger partial charge >= 0.3 is 5.97 Å². The molecule has 0 spiro atoms. The Bertz CT molecular complexity index is 1870. The Morgan fingerprint density at radius 3 is 2.84 bits per heavy atom. The Labute approximate surface area is 249 Å². The van der Waals surface area contributed by atoms with E-state index in [0.717, 1.165) is 30.4 Å². The molecule has 0 bridgehead atoms. The summed E-state index contributed by atoms with van der Waals surface area (Å²) >= 11 is 6.12. The van der Waals surface area contributed by atoms with Crippen LogP contribution < -0.4 is 4.74 Å². The Morgan fingerprint density at radius 2 is 2.07 bits per heavy atom. The first-order valence-corrected chi connectivity index (χ1v) is 14.0. The van der Waals surface area contributed by atoms with Gasteiger partial charge in [0.05, 0.1) is 17.8 Å². The molecule has 4 aromatic heterocycles. The lowest BCUT2D eigenvalue weighted by atomic mass is 9.87. The zero-order valence-electron chi connectivity index (χ0n) is 23.0. The molecule has 1 unspecified atom stereocenters. The molecule has 0 saturated heterocycles. The molecule has 1 aliphatic carbocycles. The van der Waals surface area contributed by atoms with Crippen LogP contribution in [0.1, 0.15) is 47.0 Å². The minimum atomic E-state index is -1.10. The van der Waals surface area contributed by atoms with Crippen molar-refractivity contribution in [2.45, 2.75) is 38.8 Å². The standard InChI is InChI=1S/C30H26ClF2N5O5/c1-41-11-10-38-25(35-22-8-9-23(30(39)40)36-28(22)38)12-16-2-4-17(5-3-16)27-34-14-21(32)29(37-27)42-15-18-6-7-20(31)19-13-24(33)43-26(18)19/h4,6-9,13-14,16H,2-3,5,10-12,15H2,1H3,(H,39,40). The third-order valence-corrected chi connectivity index (χ3v) is 7.78. The Balaban J connectivity index is 1.17. The van der Waals surface area contributed by atoms with Crippen molar-refractivity contribution < 1.29 is 32.6 Å². The van der Waals surface area contributed by atoms with E-state index < -0.39 is 17.8 Å². The van der Waals surface area contributed by atoms with Crippen molar-refractivity contribution >= 4 is 45.3 Å². The topological polar surface area (TPSA) is 125 Å². The van der Waals surface area contributed by atoms with E-state index in [0.29, 0.717) is 59.0 Å². The first-order valence-electron chi connectivity index (χ1n) is 13.6. The molecule has 0 fully saturated rings. The van der Waals surface area contributed by atoms with Crippen LogP contribution in [0.15, 0.2) is 47.0 Å². The van der Waals surface area contributed by atoms with E-state index in [2.05, 4.69) is 15.0 Å². The van der Waals surface area contributed by atoms with Gasteiger partial charge in [0, 0.05) is 37.1 Å². The second-order valence-corrected chi connectivity index (χ2v) is 10.6. The fourth-order valence-corrected chi connectivity index (χ4v) is 5.46. The van der Waals surface area contributed by atoms with Gasteiger partial charge in [0.15, 0.2) is 17.2 Å². The molecular formula is C30H26ClF2N5O5. The molecule has 222 valence electrons. The lowest BCUT2D eigenvalue weighted by Gasteiger charge is -2.21. The van der Waals surface area contributed by atoms with Crippen LogP contribution in [0.25, 0.3) is 27.7 Å². The van der Waals surface area contributed by atoms with Gasteiger partial charge < -0.3 is 23.6 Å². The SMILES string of the molecule is COCCn1c(CC2CC=C(c3ncc(F)c(OCc4ccc(Cl)c5cc(F)oc45)n3)CC2)nc2ccc(C(=O)O)nc21. The predicted octanol–water partition coefficient (Wildman–Crippen LogP) is 6.25. The number of aromatic carboxylic acids is 1. The summed E-state index contributed by atoms with van der Waals surface area (Å²) in [5, 5.41) is 10.1. The number of fused-ring (bicyclic) bond motifs is 2. The number of furan rings is 1. The summed E-state index contributed by atoms with van der Waals surface area (Å²) in [6, 6.07) is 6.76. The summed E-state index contributed by atoms with van der Waals surface area (Å²) in [6.45, 7) is 0.816. The van der Waals surface area contributed by atoms with Crippen LogP contribution in [-0.2, 0) is 24.3 Å². The van der Waals surface area contributed by atoms with Gasteiger partial charge in [-0.25, -0.2) is 19.7 Å².